The molecule has 0 saturated carbocycles. The van der Waals surface area contributed by atoms with Gasteiger partial charge in [-0.3, -0.25) is 0 Å². The van der Waals surface area contributed by atoms with Crippen LogP contribution >= 0.6 is 23.4 Å². The highest BCUT2D eigenvalue weighted by atomic mass is 35.5. The van der Waals surface area contributed by atoms with Crippen molar-refractivity contribution < 1.29 is 8.42 Å². The van der Waals surface area contributed by atoms with E-state index in [1.54, 1.807) is 12.1 Å². The molecular weight excluding hydrogens is 252 g/mol. The third-order valence-electron chi connectivity index (χ3n) is 1.79. The average Bonchev–Trinajstić information content (AvgIpc) is 2.17. The Morgan fingerprint density at radius 1 is 1.40 bits per heavy atom. The molecule has 0 bridgehead atoms. The van der Waals surface area contributed by atoms with E-state index in [1.165, 1.54) is 18.0 Å². The van der Waals surface area contributed by atoms with E-state index < -0.39 is 9.84 Å². The predicted molar refractivity (Wildman–Crippen MR) is 65.6 cm³/mol. The molecule has 1 aromatic rings. The number of halogens is 1. The fraction of sp³-hybridized carbons (Fsp3) is 0.400. The van der Waals surface area contributed by atoms with Gasteiger partial charge in [0.1, 0.15) is 0 Å². The number of hydrogen-bond acceptors (Lipinski definition) is 3. The molecule has 1 rings (SSSR count). The van der Waals surface area contributed by atoms with Gasteiger partial charge in [-0.05, 0) is 12.1 Å². The SMILES string of the molecule is CC(CCl)Sc1ccccc1S(C)(=O)=O. The van der Waals surface area contributed by atoms with Gasteiger partial charge in [-0.1, -0.05) is 19.1 Å². The Kier molecular flexibility index (Phi) is 4.49. The van der Waals surface area contributed by atoms with Gasteiger partial charge < -0.3 is 0 Å². The molecule has 0 spiro atoms. The second kappa shape index (κ2) is 5.23. The number of sulfone groups is 1. The standard InChI is InChI=1S/C10H13ClO2S2/c1-8(7-11)14-9-5-3-4-6-10(9)15(2,12)13/h3-6,8H,7H2,1-2H3. The summed E-state index contributed by atoms with van der Waals surface area (Å²) in [6, 6.07) is 6.99. The zero-order valence-corrected chi connectivity index (χ0v) is 11.0. The molecule has 0 aromatic heterocycles. The van der Waals surface area contributed by atoms with Crippen LogP contribution in [0.5, 0.6) is 0 Å². The van der Waals surface area contributed by atoms with Crippen LogP contribution in [0.2, 0.25) is 0 Å². The molecule has 0 aliphatic carbocycles. The third kappa shape index (κ3) is 3.70. The molecular formula is C10H13ClO2S2. The summed E-state index contributed by atoms with van der Waals surface area (Å²) in [5.74, 6) is 0.503. The van der Waals surface area contributed by atoms with Crippen molar-refractivity contribution in [2.45, 2.75) is 22.0 Å². The Labute approximate surface area is 99.9 Å². The molecule has 0 aliphatic rings. The quantitative estimate of drug-likeness (QED) is 0.620. The topological polar surface area (TPSA) is 34.1 Å². The van der Waals surface area contributed by atoms with Crippen molar-refractivity contribution in [2.24, 2.45) is 0 Å². The molecule has 0 fully saturated rings. The van der Waals surface area contributed by atoms with Crippen LogP contribution in [0.4, 0.5) is 0 Å². The first-order valence-electron chi connectivity index (χ1n) is 4.47. The summed E-state index contributed by atoms with van der Waals surface area (Å²) in [7, 11) is -3.15. The smallest absolute Gasteiger partial charge is 0.176 e. The maximum atomic E-state index is 11.5. The van der Waals surface area contributed by atoms with Gasteiger partial charge >= 0.3 is 0 Å². The number of alkyl halides is 1. The lowest BCUT2D eigenvalue weighted by Crippen LogP contribution is -2.02. The minimum Gasteiger partial charge on any atom is -0.224 e. The maximum absolute atomic E-state index is 11.5. The minimum absolute atomic E-state index is 0.203. The van der Waals surface area contributed by atoms with Crippen LogP contribution in [0.1, 0.15) is 6.92 Å². The molecule has 84 valence electrons. The highest BCUT2D eigenvalue weighted by molar-refractivity contribution is 8.00. The summed E-state index contributed by atoms with van der Waals surface area (Å²) in [6.45, 7) is 1.97. The number of rotatable bonds is 4. The molecule has 1 unspecified atom stereocenters. The zero-order valence-electron chi connectivity index (χ0n) is 8.60. The van der Waals surface area contributed by atoms with Gasteiger partial charge in [0.05, 0.1) is 4.90 Å². The van der Waals surface area contributed by atoms with Crippen LogP contribution in [0.3, 0.4) is 0 Å². The molecule has 2 nitrogen and oxygen atoms in total. The lowest BCUT2D eigenvalue weighted by molar-refractivity contribution is 0.600. The van der Waals surface area contributed by atoms with Gasteiger partial charge in [0.2, 0.25) is 0 Å². The van der Waals surface area contributed by atoms with Crippen LogP contribution in [0.15, 0.2) is 34.1 Å². The van der Waals surface area contributed by atoms with E-state index in [0.717, 1.165) is 4.90 Å². The van der Waals surface area contributed by atoms with Gasteiger partial charge in [-0.25, -0.2) is 8.42 Å². The molecule has 0 aliphatic heterocycles. The monoisotopic (exact) mass is 264 g/mol. The second-order valence-electron chi connectivity index (χ2n) is 3.30. The molecule has 15 heavy (non-hydrogen) atoms. The van der Waals surface area contributed by atoms with E-state index in [4.69, 9.17) is 11.6 Å². The van der Waals surface area contributed by atoms with E-state index in [9.17, 15) is 8.42 Å². The largest absolute Gasteiger partial charge is 0.224 e. The van der Waals surface area contributed by atoms with Crippen molar-refractivity contribution in [3.05, 3.63) is 24.3 Å². The van der Waals surface area contributed by atoms with E-state index in [0.29, 0.717) is 10.8 Å². The Morgan fingerprint density at radius 3 is 2.53 bits per heavy atom. The Hall–Kier alpha value is -0.190. The van der Waals surface area contributed by atoms with E-state index in [1.807, 2.05) is 19.1 Å². The first-order chi connectivity index (χ1) is 6.95. The van der Waals surface area contributed by atoms with Crippen LogP contribution in [0.25, 0.3) is 0 Å². The highest BCUT2D eigenvalue weighted by Gasteiger charge is 2.14. The number of thioether (sulfide) groups is 1. The summed E-state index contributed by atoms with van der Waals surface area (Å²) in [5.41, 5.74) is 0. The average molecular weight is 265 g/mol. The second-order valence-corrected chi connectivity index (χ2v) is 7.07. The Morgan fingerprint density at radius 2 is 2.00 bits per heavy atom. The Balaban J connectivity index is 3.08. The predicted octanol–water partition coefficient (Wildman–Crippen LogP) is 2.81. The van der Waals surface area contributed by atoms with Crippen LogP contribution < -0.4 is 0 Å². The molecule has 0 heterocycles. The van der Waals surface area contributed by atoms with Gasteiger partial charge in [0.15, 0.2) is 9.84 Å². The molecule has 0 saturated heterocycles. The van der Waals surface area contributed by atoms with Gasteiger partial charge in [-0.2, -0.15) is 0 Å². The first-order valence-corrected chi connectivity index (χ1v) is 7.77. The van der Waals surface area contributed by atoms with Gasteiger partial charge in [0, 0.05) is 22.3 Å². The lowest BCUT2D eigenvalue weighted by Gasteiger charge is -2.10. The minimum atomic E-state index is -3.15. The summed E-state index contributed by atoms with van der Waals surface area (Å²) in [5, 5.41) is 0.203. The normalized spacial score (nSPS) is 13.8. The summed E-state index contributed by atoms with van der Waals surface area (Å²) >= 11 is 7.18. The lowest BCUT2D eigenvalue weighted by atomic mass is 10.4. The van der Waals surface area contributed by atoms with Gasteiger partial charge in [-0.15, -0.1) is 23.4 Å². The highest BCUT2D eigenvalue weighted by Crippen LogP contribution is 2.29. The van der Waals surface area contributed by atoms with E-state index in [2.05, 4.69) is 0 Å². The van der Waals surface area contributed by atoms with Crippen molar-refractivity contribution in [1.82, 2.24) is 0 Å². The fourth-order valence-electron chi connectivity index (χ4n) is 1.10. The summed E-state index contributed by atoms with van der Waals surface area (Å²) in [6.07, 6.45) is 1.22. The number of hydrogen-bond donors (Lipinski definition) is 0. The van der Waals surface area contributed by atoms with Crippen LogP contribution in [-0.4, -0.2) is 25.8 Å². The van der Waals surface area contributed by atoms with Crippen molar-refractivity contribution in [3.8, 4) is 0 Å². The van der Waals surface area contributed by atoms with E-state index >= 15 is 0 Å². The van der Waals surface area contributed by atoms with Crippen molar-refractivity contribution in [2.75, 3.05) is 12.1 Å². The molecule has 0 N–H and O–H groups in total. The molecule has 1 atom stereocenters. The fourth-order valence-corrected chi connectivity index (χ4v) is 3.49. The third-order valence-corrected chi connectivity index (χ3v) is 4.90. The van der Waals surface area contributed by atoms with Crippen molar-refractivity contribution in [3.63, 3.8) is 0 Å². The summed E-state index contributed by atoms with van der Waals surface area (Å²) < 4.78 is 23.0. The Bertz CT molecular complexity index is 429. The van der Waals surface area contributed by atoms with Crippen LogP contribution in [-0.2, 0) is 9.84 Å². The molecule has 5 heteroatoms. The molecule has 0 radical (unpaired) electrons. The first kappa shape index (κ1) is 12.9. The van der Waals surface area contributed by atoms with Crippen molar-refractivity contribution in [1.29, 1.82) is 0 Å². The molecule has 1 aromatic carbocycles. The summed E-state index contributed by atoms with van der Waals surface area (Å²) in [4.78, 5) is 1.15. The van der Waals surface area contributed by atoms with Crippen molar-refractivity contribution >= 4 is 33.2 Å². The zero-order chi connectivity index (χ0) is 11.5. The maximum Gasteiger partial charge on any atom is 0.176 e. The van der Waals surface area contributed by atoms with Gasteiger partial charge in [0.25, 0.3) is 0 Å². The number of benzene rings is 1. The molecule has 0 amide bonds. The van der Waals surface area contributed by atoms with E-state index in [-0.39, 0.29) is 5.25 Å². The van der Waals surface area contributed by atoms with Crippen LogP contribution in [0, 0.1) is 0 Å².